The average Bonchev–Trinajstić information content (AvgIpc) is 2.30. The van der Waals surface area contributed by atoms with Crippen LogP contribution >= 0.6 is 0 Å². The minimum atomic E-state index is -0.172. The van der Waals surface area contributed by atoms with Gasteiger partial charge in [0.1, 0.15) is 11.6 Å². The molecule has 1 aliphatic heterocycles. The van der Waals surface area contributed by atoms with Crippen LogP contribution in [0.1, 0.15) is 30.4 Å². The van der Waals surface area contributed by atoms with Gasteiger partial charge in [-0.3, -0.25) is 0 Å². The number of hydrogen-bond donors (Lipinski definition) is 1. The quantitative estimate of drug-likeness (QED) is 0.872. The van der Waals surface area contributed by atoms with E-state index < -0.39 is 0 Å². The van der Waals surface area contributed by atoms with Crippen molar-refractivity contribution in [3.05, 3.63) is 29.1 Å². The lowest BCUT2D eigenvalue weighted by molar-refractivity contribution is 0.379. The summed E-state index contributed by atoms with van der Waals surface area (Å²) in [4.78, 5) is 0. The minimum absolute atomic E-state index is 0.172. The molecule has 0 spiro atoms. The first-order chi connectivity index (χ1) is 8.20. The SMILES string of the molecule is COc1c(C)cc(F)cc1CC1CCCCN1. The van der Waals surface area contributed by atoms with Crippen molar-refractivity contribution in [2.24, 2.45) is 0 Å². The number of ether oxygens (including phenoxy) is 1. The van der Waals surface area contributed by atoms with Crippen molar-refractivity contribution in [3.63, 3.8) is 0 Å². The number of benzene rings is 1. The van der Waals surface area contributed by atoms with Gasteiger partial charge in [0.05, 0.1) is 7.11 Å². The van der Waals surface area contributed by atoms with Crippen LogP contribution in [0.5, 0.6) is 5.75 Å². The third-order valence-electron chi connectivity index (χ3n) is 3.40. The molecule has 94 valence electrons. The van der Waals surface area contributed by atoms with Crippen molar-refractivity contribution in [1.29, 1.82) is 0 Å². The van der Waals surface area contributed by atoms with E-state index in [1.807, 2.05) is 6.92 Å². The highest BCUT2D eigenvalue weighted by atomic mass is 19.1. The molecule has 0 aliphatic carbocycles. The van der Waals surface area contributed by atoms with Crippen LogP contribution in [-0.2, 0) is 6.42 Å². The van der Waals surface area contributed by atoms with Crippen molar-refractivity contribution in [3.8, 4) is 5.75 Å². The summed E-state index contributed by atoms with van der Waals surface area (Å²) < 4.78 is 18.8. The smallest absolute Gasteiger partial charge is 0.125 e. The van der Waals surface area contributed by atoms with Crippen molar-refractivity contribution >= 4 is 0 Å². The van der Waals surface area contributed by atoms with Gasteiger partial charge in [0.15, 0.2) is 0 Å². The average molecular weight is 237 g/mol. The second kappa shape index (κ2) is 5.50. The van der Waals surface area contributed by atoms with Gasteiger partial charge in [0.2, 0.25) is 0 Å². The summed E-state index contributed by atoms with van der Waals surface area (Å²) in [6.07, 6.45) is 4.52. The largest absolute Gasteiger partial charge is 0.496 e. The maximum Gasteiger partial charge on any atom is 0.125 e. The topological polar surface area (TPSA) is 21.3 Å². The van der Waals surface area contributed by atoms with Gasteiger partial charge >= 0.3 is 0 Å². The molecule has 1 heterocycles. The third-order valence-corrected chi connectivity index (χ3v) is 3.40. The summed E-state index contributed by atoms with van der Waals surface area (Å²) >= 11 is 0. The Balaban J connectivity index is 2.18. The van der Waals surface area contributed by atoms with Crippen LogP contribution in [0.25, 0.3) is 0 Å². The molecule has 0 saturated carbocycles. The lowest BCUT2D eigenvalue weighted by Crippen LogP contribution is -2.35. The van der Waals surface area contributed by atoms with E-state index in [9.17, 15) is 4.39 Å². The maximum absolute atomic E-state index is 13.4. The maximum atomic E-state index is 13.4. The van der Waals surface area contributed by atoms with Crippen molar-refractivity contribution in [2.75, 3.05) is 13.7 Å². The fourth-order valence-electron chi connectivity index (χ4n) is 2.61. The molecule has 0 aromatic heterocycles. The van der Waals surface area contributed by atoms with E-state index in [2.05, 4.69) is 5.32 Å². The number of nitrogens with one attached hydrogen (secondary N) is 1. The highest BCUT2D eigenvalue weighted by Crippen LogP contribution is 2.27. The van der Waals surface area contributed by atoms with Crippen LogP contribution in [0.15, 0.2) is 12.1 Å². The molecule has 1 saturated heterocycles. The molecule has 0 radical (unpaired) electrons. The molecule has 1 N–H and O–H groups in total. The molecule has 1 fully saturated rings. The Hall–Kier alpha value is -1.09. The normalized spacial score (nSPS) is 20.3. The van der Waals surface area contributed by atoms with Crippen LogP contribution in [0.3, 0.4) is 0 Å². The monoisotopic (exact) mass is 237 g/mol. The molecule has 17 heavy (non-hydrogen) atoms. The first-order valence-electron chi connectivity index (χ1n) is 6.27. The van der Waals surface area contributed by atoms with E-state index in [-0.39, 0.29) is 5.82 Å². The van der Waals surface area contributed by atoms with E-state index >= 15 is 0 Å². The molecule has 1 aromatic carbocycles. The van der Waals surface area contributed by atoms with Gasteiger partial charge in [0.25, 0.3) is 0 Å². The minimum Gasteiger partial charge on any atom is -0.496 e. The summed E-state index contributed by atoms with van der Waals surface area (Å²) in [5, 5.41) is 3.48. The molecular weight excluding hydrogens is 217 g/mol. The summed E-state index contributed by atoms with van der Waals surface area (Å²) in [6.45, 7) is 2.96. The Morgan fingerprint density at radius 2 is 2.24 bits per heavy atom. The predicted octanol–water partition coefficient (Wildman–Crippen LogP) is 2.83. The van der Waals surface area contributed by atoms with Crippen molar-refractivity contribution in [2.45, 2.75) is 38.6 Å². The molecule has 0 bridgehead atoms. The standard InChI is InChI=1S/C14H20FNO/c1-10-7-12(15)8-11(14(10)17-2)9-13-5-3-4-6-16-13/h7-8,13,16H,3-6,9H2,1-2H3. The zero-order valence-corrected chi connectivity index (χ0v) is 10.6. The van der Waals surface area contributed by atoms with Crippen LogP contribution in [-0.4, -0.2) is 19.7 Å². The summed E-state index contributed by atoms with van der Waals surface area (Å²) in [6, 6.07) is 3.58. The number of hydrogen-bond acceptors (Lipinski definition) is 2. The first-order valence-corrected chi connectivity index (χ1v) is 6.27. The number of halogens is 1. The molecule has 1 aromatic rings. The second-order valence-corrected chi connectivity index (χ2v) is 4.77. The van der Waals surface area contributed by atoms with E-state index in [1.165, 1.54) is 25.3 Å². The number of piperidine rings is 1. The lowest BCUT2D eigenvalue weighted by atomic mass is 9.96. The molecule has 1 unspecified atom stereocenters. The second-order valence-electron chi connectivity index (χ2n) is 4.77. The Morgan fingerprint density at radius 3 is 2.88 bits per heavy atom. The highest BCUT2D eigenvalue weighted by molar-refractivity contribution is 5.41. The van der Waals surface area contributed by atoms with E-state index in [0.717, 1.165) is 29.8 Å². The Kier molecular flexibility index (Phi) is 4.00. The predicted molar refractivity (Wildman–Crippen MR) is 67.0 cm³/mol. The first kappa shape index (κ1) is 12.4. The number of aryl methyl sites for hydroxylation is 1. The van der Waals surface area contributed by atoms with Gasteiger partial charge < -0.3 is 10.1 Å². The van der Waals surface area contributed by atoms with Crippen molar-refractivity contribution < 1.29 is 9.13 Å². The van der Waals surface area contributed by atoms with Crippen LogP contribution < -0.4 is 10.1 Å². The molecule has 3 heteroatoms. The third kappa shape index (κ3) is 2.97. The van der Waals surface area contributed by atoms with Gasteiger partial charge in [-0.25, -0.2) is 4.39 Å². The fraction of sp³-hybridized carbons (Fsp3) is 0.571. The van der Waals surface area contributed by atoms with E-state index in [1.54, 1.807) is 13.2 Å². The summed E-state index contributed by atoms with van der Waals surface area (Å²) in [5.41, 5.74) is 1.85. The summed E-state index contributed by atoms with van der Waals surface area (Å²) in [5.74, 6) is 0.660. The highest BCUT2D eigenvalue weighted by Gasteiger charge is 2.17. The Labute approximate surface area is 102 Å². The van der Waals surface area contributed by atoms with Crippen LogP contribution in [0.4, 0.5) is 4.39 Å². The van der Waals surface area contributed by atoms with Gasteiger partial charge in [0, 0.05) is 6.04 Å². The molecule has 1 atom stereocenters. The van der Waals surface area contributed by atoms with Gasteiger partial charge in [-0.1, -0.05) is 6.42 Å². The van der Waals surface area contributed by atoms with Gasteiger partial charge in [-0.05, 0) is 56.0 Å². The van der Waals surface area contributed by atoms with Crippen LogP contribution in [0, 0.1) is 12.7 Å². The summed E-state index contributed by atoms with van der Waals surface area (Å²) in [7, 11) is 1.65. The molecular formula is C14H20FNO. The van der Waals surface area contributed by atoms with Crippen molar-refractivity contribution in [1.82, 2.24) is 5.32 Å². The van der Waals surface area contributed by atoms with Crippen LogP contribution in [0.2, 0.25) is 0 Å². The van der Waals surface area contributed by atoms with E-state index in [0.29, 0.717) is 6.04 Å². The number of methoxy groups -OCH3 is 1. The molecule has 2 nitrogen and oxygen atoms in total. The van der Waals surface area contributed by atoms with E-state index in [4.69, 9.17) is 4.74 Å². The molecule has 1 aliphatic rings. The Morgan fingerprint density at radius 1 is 1.41 bits per heavy atom. The Bertz CT molecular complexity index is 386. The molecule has 0 amide bonds. The lowest BCUT2D eigenvalue weighted by Gasteiger charge is -2.24. The number of rotatable bonds is 3. The molecule has 2 rings (SSSR count). The van der Waals surface area contributed by atoms with Gasteiger partial charge in [-0.15, -0.1) is 0 Å². The van der Waals surface area contributed by atoms with Gasteiger partial charge in [-0.2, -0.15) is 0 Å². The fourth-order valence-corrected chi connectivity index (χ4v) is 2.61. The zero-order chi connectivity index (χ0) is 12.3. The zero-order valence-electron chi connectivity index (χ0n) is 10.6.